The van der Waals surface area contributed by atoms with E-state index in [1.807, 2.05) is 48.5 Å². The number of aromatic nitrogens is 1. The lowest BCUT2D eigenvalue weighted by atomic mass is 9.97. The highest BCUT2D eigenvalue weighted by Crippen LogP contribution is 2.45. The number of anilines is 3. The van der Waals surface area contributed by atoms with Crippen LogP contribution in [0.4, 0.5) is 17.1 Å². The lowest BCUT2D eigenvalue weighted by Gasteiger charge is -2.26. The molecule has 0 aliphatic heterocycles. The fourth-order valence-corrected chi connectivity index (χ4v) is 8.20. The summed E-state index contributed by atoms with van der Waals surface area (Å²) in [7, 11) is 0. The molecule has 57 heavy (non-hydrogen) atoms. The minimum Gasteiger partial charge on any atom is -0.456 e. The van der Waals surface area contributed by atoms with Gasteiger partial charge in [-0.15, -0.1) is 0 Å². The number of rotatable bonds is 7. The lowest BCUT2D eigenvalue weighted by molar-refractivity contribution is 0.621. The molecule has 0 radical (unpaired) electrons. The summed E-state index contributed by atoms with van der Waals surface area (Å²) in [5.74, 6) is 0.580. The summed E-state index contributed by atoms with van der Waals surface area (Å²) in [5, 5.41) is 4.53. The number of hydrogen-bond donors (Lipinski definition) is 0. The van der Waals surface area contributed by atoms with Crippen molar-refractivity contribution >= 4 is 60.9 Å². The molecule has 2 aromatic heterocycles. The van der Waals surface area contributed by atoms with Crippen molar-refractivity contribution < 1.29 is 8.83 Å². The Kier molecular flexibility index (Phi) is 7.78. The van der Waals surface area contributed by atoms with E-state index in [1.54, 1.807) is 0 Å². The molecule has 11 aromatic rings. The molecule has 0 bridgehead atoms. The Morgan fingerprint density at radius 1 is 0.386 bits per heavy atom. The van der Waals surface area contributed by atoms with Crippen molar-refractivity contribution in [3.05, 3.63) is 206 Å². The smallest absolute Gasteiger partial charge is 0.227 e. The van der Waals surface area contributed by atoms with Gasteiger partial charge in [0.2, 0.25) is 5.89 Å². The van der Waals surface area contributed by atoms with E-state index in [0.29, 0.717) is 5.89 Å². The maximum Gasteiger partial charge on any atom is 0.227 e. The molecule has 268 valence electrons. The van der Waals surface area contributed by atoms with E-state index in [4.69, 9.17) is 13.8 Å². The predicted molar refractivity (Wildman–Crippen MR) is 235 cm³/mol. The van der Waals surface area contributed by atoms with Gasteiger partial charge in [0, 0.05) is 45.0 Å². The topological polar surface area (TPSA) is 42.4 Å². The summed E-state index contributed by atoms with van der Waals surface area (Å²) in [5.41, 5.74) is 13.9. The lowest BCUT2D eigenvalue weighted by Crippen LogP contribution is -2.10. The Morgan fingerprint density at radius 2 is 1.00 bits per heavy atom. The van der Waals surface area contributed by atoms with Crippen LogP contribution >= 0.6 is 0 Å². The van der Waals surface area contributed by atoms with Crippen LogP contribution < -0.4 is 4.90 Å². The first-order valence-corrected chi connectivity index (χ1v) is 19.2. The summed E-state index contributed by atoms with van der Waals surface area (Å²) in [4.78, 5) is 7.29. The number of nitrogens with zero attached hydrogens (tertiary/aromatic N) is 2. The van der Waals surface area contributed by atoms with Crippen LogP contribution in [0.3, 0.4) is 0 Å². The van der Waals surface area contributed by atoms with Gasteiger partial charge in [0.15, 0.2) is 5.58 Å². The summed E-state index contributed by atoms with van der Waals surface area (Å²) in [6.07, 6.45) is 0. The van der Waals surface area contributed by atoms with Crippen LogP contribution in [0.5, 0.6) is 0 Å². The van der Waals surface area contributed by atoms with E-state index in [2.05, 4.69) is 163 Å². The Labute approximate surface area is 329 Å². The summed E-state index contributed by atoms with van der Waals surface area (Å²) in [6, 6.07) is 72.3. The largest absolute Gasteiger partial charge is 0.456 e. The molecule has 4 heteroatoms. The summed E-state index contributed by atoms with van der Waals surface area (Å²) < 4.78 is 13.1. The van der Waals surface area contributed by atoms with Crippen LogP contribution in [0, 0.1) is 0 Å². The maximum absolute atomic E-state index is 6.65. The maximum atomic E-state index is 6.65. The van der Waals surface area contributed by atoms with Crippen LogP contribution in [0.25, 0.3) is 88.6 Å². The molecular weight excluding hydrogens is 697 g/mol. The van der Waals surface area contributed by atoms with Gasteiger partial charge < -0.3 is 13.7 Å². The highest BCUT2D eigenvalue weighted by atomic mass is 16.4. The third-order valence-corrected chi connectivity index (χ3v) is 10.9. The van der Waals surface area contributed by atoms with E-state index in [9.17, 15) is 0 Å². The van der Waals surface area contributed by atoms with Gasteiger partial charge in [-0.25, -0.2) is 4.98 Å². The molecule has 0 N–H and O–H groups in total. The molecule has 2 heterocycles. The number of furan rings is 1. The van der Waals surface area contributed by atoms with Gasteiger partial charge in [0.25, 0.3) is 0 Å². The molecule has 0 spiro atoms. The molecule has 4 nitrogen and oxygen atoms in total. The molecule has 0 saturated carbocycles. The fourth-order valence-electron chi connectivity index (χ4n) is 8.20. The normalized spacial score (nSPS) is 11.5. The van der Waals surface area contributed by atoms with E-state index in [0.717, 1.165) is 72.4 Å². The Hall–Kier alpha value is -7.69. The molecule has 11 rings (SSSR count). The minimum atomic E-state index is 0.580. The standard InChI is InChI=1S/C53H34N2O2/c1-3-13-35(14-4-1)40-19-11-20-43(33-40)55(41-29-25-37(26-30-41)45-23-12-18-36-15-7-8-21-44(36)45)42-31-27-38(28-32-42)50-51-46-22-9-10-24-48(46)56-49(51)34-47-52(50)57-53(54-47)39-16-5-2-6-17-39/h1-34H. The average Bonchev–Trinajstić information content (AvgIpc) is 3.88. The van der Waals surface area contributed by atoms with Crippen molar-refractivity contribution in [2.45, 2.75) is 0 Å². The molecule has 0 unspecified atom stereocenters. The van der Waals surface area contributed by atoms with Gasteiger partial charge in [0.05, 0.1) is 0 Å². The molecule has 0 aliphatic carbocycles. The summed E-state index contributed by atoms with van der Waals surface area (Å²) >= 11 is 0. The number of para-hydroxylation sites is 1. The van der Waals surface area contributed by atoms with Crippen molar-refractivity contribution in [3.63, 3.8) is 0 Å². The van der Waals surface area contributed by atoms with Crippen molar-refractivity contribution in [1.82, 2.24) is 4.98 Å². The summed E-state index contributed by atoms with van der Waals surface area (Å²) in [6.45, 7) is 0. The Morgan fingerprint density at radius 3 is 1.77 bits per heavy atom. The number of benzene rings is 9. The highest BCUT2D eigenvalue weighted by molar-refractivity contribution is 6.19. The minimum absolute atomic E-state index is 0.580. The van der Waals surface area contributed by atoms with Crippen LogP contribution in [0.2, 0.25) is 0 Å². The fraction of sp³-hybridized carbons (Fsp3) is 0. The van der Waals surface area contributed by atoms with Crippen LogP contribution in [-0.4, -0.2) is 4.98 Å². The van der Waals surface area contributed by atoms with Gasteiger partial charge in [-0.05, 0) is 93.2 Å². The second kappa shape index (κ2) is 13.6. The predicted octanol–water partition coefficient (Wildman–Crippen LogP) is 15.0. The molecule has 0 fully saturated rings. The van der Waals surface area contributed by atoms with Crippen LogP contribution in [-0.2, 0) is 0 Å². The molecule has 9 aromatic carbocycles. The Balaban J connectivity index is 1.06. The highest BCUT2D eigenvalue weighted by Gasteiger charge is 2.22. The first kappa shape index (κ1) is 32.7. The van der Waals surface area contributed by atoms with Crippen molar-refractivity contribution in [1.29, 1.82) is 0 Å². The molecule has 0 aliphatic rings. The SMILES string of the molecule is c1ccc(-c2cccc(N(c3ccc(-c4cccc5ccccc45)cc3)c3ccc(-c4c5oc(-c6ccccc6)nc5cc5oc6ccccc6c45)cc3)c2)cc1. The third-order valence-electron chi connectivity index (χ3n) is 10.9. The zero-order valence-corrected chi connectivity index (χ0v) is 30.8. The van der Waals surface area contributed by atoms with Crippen LogP contribution in [0.15, 0.2) is 215 Å². The monoisotopic (exact) mass is 730 g/mol. The van der Waals surface area contributed by atoms with E-state index < -0.39 is 0 Å². The molecular formula is C53H34N2O2. The first-order chi connectivity index (χ1) is 28.2. The number of fused-ring (bicyclic) bond motifs is 5. The number of oxazole rings is 1. The van der Waals surface area contributed by atoms with Gasteiger partial charge in [0.1, 0.15) is 16.7 Å². The van der Waals surface area contributed by atoms with Crippen LogP contribution in [0.1, 0.15) is 0 Å². The molecule has 0 amide bonds. The zero-order chi connectivity index (χ0) is 37.7. The van der Waals surface area contributed by atoms with Gasteiger partial charge in [-0.2, -0.15) is 0 Å². The second-order valence-corrected chi connectivity index (χ2v) is 14.3. The molecule has 0 saturated heterocycles. The zero-order valence-electron chi connectivity index (χ0n) is 30.8. The van der Waals surface area contributed by atoms with Crippen molar-refractivity contribution in [2.75, 3.05) is 4.90 Å². The van der Waals surface area contributed by atoms with Gasteiger partial charge in [-0.1, -0.05) is 146 Å². The molecule has 0 atom stereocenters. The third kappa shape index (κ3) is 5.74. The quantitative estimate of drug-likeness (QED) is 0.164. The number of hydrogen-bond acceptors (Lipinski definition) is 4. The first-order valence-electron chi connectivity index (χ1n) is 19.2. The van der Waals surface area contributed by atoms with Crippen molar-refractivity contribution in [3.8, 4) is 44.8 Å². The second-order valence-electron chi connectivity index (χ2n) is 14.3. The van der Waals surface area contributed by atoms with Gasteiger partial charge in [-0.3, -0.25) is 0 Å². The van der Waals surface area contributed by atoms with E-state index in [1.165, 1.54) is 27.5 Å². The van der Waals surface area contributed by atoms with Crippen molar-refractivity contribution in [2.24, 2.45) is 0 Å². The van der Waals surface area contributed by atoms with Gasteiger partial charge >= 0.3 is 0 Å². The van der Waals surface area contributed by atoms with E-state index >= 15 is 0 Å². The van der Waals surface area contributed by atoms with E-state index in [-0.39, 0.29) is 0 Å². The Bertz CT molecular complexity index is 3210. The average molecular weight is 731 g/mol.